The molecular formula is C6H10N2O2. The van der Waals surface area contributed by atoms with Crippen molar-refractivity contribution in [3.8, 4) is 0 Å². The van der Waals surface area contributed by atoms with Crippen LogP contribution in [0, 0.1) is 0 Å². The van der Waals surface area contributed by atoms with Crippen molar-refractivity contribution in [1.29, 1.82) is 0 Å². The van der Waals surface area contributed by atoms with Gasteiger partial charge in [0.05, 0.1) is 0 Å². The molecule has 0 saturated heterocycles. The van der Waals surface area contributed by atoms with E-state index >= 15 is 0 Å². The smallest absolute Gasteiger partial charge is 0.244 e. The van der Waals surface area contributed by atoms with Gasteiger partial charge in [-0.15, -0.1) is 0 Å². The lowest BCUT2D eigenvalue weighted by molar-refractivity contribution is -0.117. The van der Waals surface area contributed by atoms with Crippen LogP contribution in [0.1, 0.15) is 13.8 Å². The maximum atomic E-state index is 10.4. The maximum Gasteiger partial charge on any atom is 0.244 e. The molecule has 10 heavy (non-hydrogen) atoms. The van der Waals surface area contributed by atoms with Gasteiger partial charge in [0, 0.05) is 11.1 Å². The molecule has 0 bridgehead atoms. The summed E-state index contributed by atoms with van der Waals surface area (Å²) in [6.07, 6.45) is 0. The summed E-state index contributed by atoms with van der Waals surface area (Å²) in [5.41, 5.74) is 10.2. The highest BCUT2D eigenvalue weighted by molar-refractivity contribution is 6.02. The van der Waals surface area contributed by atoms with Crippen molar-refractivity contribution in [2.45, 2.75) is 13.8 Å². The monoisotopic (exact) mass is 142 g/mol. The minimum absolute atomic E-state index is 0.215. The fraction of sp³-hybridized carbons (Fsp3) is 0.333. The van der Waals surface area contributed by atoms with Gasteiger partial charge in [0.2, 0.25) is 11.8 Å². The largest absolute Gasteiger partial charge is 0.366 e. The van der Waals surface area contributed by atoms with Gasteiger partial charge in [0.25, 0.3) is 0 Å². The number of primary amides is 2. The van der Waals surface area contributed by atoms with E-state index in [1.165, 1.54) is 13.8 Å². The Hall–Kier alpha value is -1.32. The quantitative estimate of drug-likeness (QED) is 0.499. The van der Waals surface area contributed by atoms with E-state index in [2.05, 4.69) is 0 Å². The summed E-state index contributed by atoms with van der Waals surface area (Å²) in [5.74, 6) is -1.23. The predicted octanol–water partition coefficient (Wildman–Crippen LogP) is -0.707. The first-order valence-corrected chi connectivity index (χ1v) is 2.74. The highest BCUT2D eigenvalue weighted by Crippen LogP contribution is 1.99. The Morgan fingerprint density at radius 3 is 1.20 bits per heavy atom. The highest BCUT2D eigenvalue weighted by atomic mass is 16.2. The molecule has 0 radical (unpaired) electrons. The fourth-order valence-corrected chi connectivity index (χ4v) is 0.370. The van der Waals surface area contributed by atoms with Gasteiger partial charge >= 0.3 is 0 Å². The number of amides is 2. The van der Waals surface area contributed by atoms with Gasteiger partial charge in [-0.1, -0.05) is 0 Å². The Bertz CT molecular complexity index is 184. The average molecular weight is 142 g/mol. The van der Waals surface area contributed by atoms with Crippen LogP contribution in [-0.2, 0) is 9.59 Å². The van der Waals surface area contributed by atoms with E-state index in [4.69, 9.17) is 11.5 Å². The summed E-state index contributed by atoms with van der Waals surface area (Å²) in [6.45, 7) is 2.92. The number of rotatable bonds is 2. The molecule has 0 heterocycles. The van der Waals surface area contributed by atoms with Gasteiger partial charge < -0.3 is 11.5 Å². The van der Waals surface area contributed by atoms with Crippen molar-refractivity contribution in [2.75, 3.05) is 0 Å². The van der Waals surface area contributed by atoms with E-state index in [0.717, 1.165) is 0 Å². The maximum absolute atomic E-state index is 10.4. The van der Waals surface area contributed by atoms with Gasteiger partial charge in [-0.3, -0.25) is 9.59 Å². The van der Waals surface area contributed by atoms with E-state index < -0.39 is 11.8 Å². The van der Waals surface area contributed by atoms with Crippen molar-refractivity contribution in [3.05, 3.63) is 11.1 Å². The molecule has 0 saturated carbocycles. The van der Waals surface area contributed by atoms with Crippen molar-refractivity contribution in [1.82, 2.24) is 0 Å². The van der Waals surface area contributed by atoms with E-state index in [9.17, 15) is 9.59 Å². The molecule has 0 aromatic carbocycles. The molecule has 0 atom stereocenters. The molecule has 56 valence electrons. The number of carbonyl (C=O) groups is 2. The molecule has 4 N–H and O–H groups in total. The minimum atomic E-state index is -0.615. The number of hydrogen-bond donors (Lipinski definition) is 2. The van der Waals surface area contributed by atoms with Gasteiger partial charge in [0.1, 0.15) is 0 Å². The van der Waals surface area contributed by atoms with Crippen LogP contribution in [0.15, 0.2) is 11.1 Å². The van der Waals surface area contributed by atoms with Gasteiger partial charge in [-0.2, -0.15) is 0 Å². The fourth-order valence-electron chi connectivity index (χ4n) is 0.370. The zero-order valence-electron chi connectivity index (χ0n) is 5.97. The third-order valence-electron chi connectivity index (χ3n) is 1.30. The van der Waals surface area contributed by atoms with Gasteiger partial charge in [-0.05, 0) is 13.8 Å². The second kappa shape index (κ2) is 3.00. The molecule has 0 aliphatic heterocycles. The van der Waals surface area contributed by atoms with E-state index in [-0.39, 0.29) is 11.1 Å². The molecule has 4 heteroatoms. The molecule has 0 rings (SSSR count). The number of hydrogen-bond acceptors (Lipinski definition) is 2. The molecule has 0 aliphatic rings. The second-order valence-electron chi connectivity index (χ2n) is 1.98. The first-order valence-electron chi connectivity index (χ1n) is 2.74. The summed E-state index contributed by atoms with van der Waals surface area (Å²) in [5, 5.41) is 0. The Kier molecular flexibility index (Phi) is 2.61. The number of carbonyl (C=O) groups excluding carboxylic acids is 2. The summed E-state index contributed by atoms with van der Waals surface area (Å²) in [7, 11) is 0. The molecular weight excluding hydrogens is 132 g/mol. The zero-order chi connectivity index (χ0) is 8.31. The number of nitrogens with two attached hydrogens (primary N) is 2. The van der Waals surface area contributed by atoms with Crippen LogP contribution < -0.4 is 11.5 Å². The second-order valence-corrected chi connectivity index (χ2v) is 1.98. The first-order chi connectivity index (χ1) is 4.46. The summed E-state index contributed by atoms with van der Waals surface area (Å²) < 4.78 is 0. The Morgan fingerprint density at radius 1 is 0.900 bits per heavy atom. The first kappa shape index (κ1) is 8.68. The highest BCUT2D eigenvalue weighted by Gasteiger charge is 2.06. The normalized spacial score (nSPS) is 12.2. The Balaban J connectivity index is 4.67. The van der Waals surface area contributed by atoms with Crippen molar-refractivity contribution >= 4 is 11.8 Å². The van der Waals surface area contributed by atoms with Crippen LogP contribution in [0.2, 0.25) is 0 Å². The molecule has 2 amide bonds. The van der Waals surface area contributed by atoms with Crippen molar-refractivity contribution in [2.24, 2.45) is 11.5 Å². The Labute approximate surface area is 58.9 Å². The van der Waals surface area contributed by atoms with E-state index in [0.29, 0.717) is 0 Å². The SMILES string of the molecule is C/C(C(N)=O)=C(\C)C(N)=O. The molecule has 4 nitrogen and oxygen atoms in total. The van der Waals surface area contributed by atoms with Crippen LogP contribution >= 0.6 is 0 Å². The molecule has 0 aliphatic carbocycles. The van der Waals surface area contributed by atoms with Crippen LogP contribution in [0.25, 0.3) is 0 Å². The lowest BCUT2D eigenvalue weighted by Gasteiger charge is -1.97. The zero-order valence-corrected chi connectivity index (χ0v) is 5.97. The summed E-state index contributed by atoms with van der Waals surface area (Å²) in [6, 6.07) is 0. The predicted molar refractivity (Wildman–Crippen MR) is 36.8 cm³/mol. The lowest BCUT2D eigenvalue weighted by Crippen LogP contribution is -2.19. The topological polar surface area (TPSA) is 86.2 Å². The molecule has 0 fully saturated rings. The molecule has 0 aromatic rings. The van der Waals surface area contributed by atoms with Crippen molar-refractivity contribution < 1.29 is 9.59 Å². The standard InChI is InChI=1S/C6H10N2O2/c1-3(5(7)9)4(2)6(8)10/h1-2H3,(H2,7,9)(H2,8,10)/b4-3-. The molecule has 0 aromatic heterocycles. The van der Waals surface area contributed by atoms with E-state index in [1.807, 2.05) is 0 Å². The lowest BCUT2D eigenvalue weighted by atomic mass is 10.1. The van der Waals surface area contributed by atoms with Crippen molar-refractivity contribution in [3.63, 3.8) is 0 Å². The third-order valence-corrected chi connectivity index (χ3v) is 1.30. The van der Waals surface area contributed by atoms with Crippen LogP contribution in [-0.4, -0.2) is 11.8 Å². The van der Waals surface area contributed by atoms with E-state index in [1.54, 1.807) is 0 Å². The molecule has 0 unspecified atom stereocenters. The van der Waals surface area contributed by atoms with Crippen LogP contribution in [0.4, 0.5) is 0 Å². The van der Waals surface area contributed by atoms with Gasteiger partial charge in [-0.25, -0.2) is 0 Å². The van der Waals surface area contributed by atoms with Crippen LogP contribution in [0.3, 0.4) is 0 Å². The minimum Gasteiger partial charge on any atom is -0.366 e. The van der Waals surface area contributed by atoms with Gasteiger partial charge in [0.15, 0.2) is 0 Å². The third kappa shape index (κ3) is 1.89. The summed E-state index contributed by atoms with van der Waals surface area (Å²) in [4.78, 5) is 20.8. The summed E-state index contributed by atoms with van der Waals surface area (Å²) >= 11 is 0. The Morgan fingerprint density at radius 2 is 1.10 bits per heavy atom. The average Bonchev–Trinajstić information content (AvgIpc) is 1.84. The van der Waals surface area contributed by atoms with Crippen LogP contribution in [0.5, 0.6) is 0 Å². The molecule has 0 spiro atoms.